The molecular weight excluding hydrogens is 272 g/mol. The van der Waals surface area contributed by atoms with Crippen molar-refractivity contribution in [2.24, 2.45) is 23.7 Å². The van der Waals surface area contributed by atoms with E-state index in [4.69, 9.17) is 0 Å². The molecule has 0 radical (unpaired) electrons. The second-order valence-corrected chi connectivity index (χ2v) is 6.90. The fraction of sp³-hybridized carbons (Fsp3) is 0.938. The number of nitrogens with zero attached hydrogens (tertiary/aromatic N) is 1. The minimum absolute atomic E-state index is 0. The maximum atomic E-state index is 12.6. The molecule has 0 aliphatic carbocycles. The Balaban J connectivity index is 0.00000361. The number of hydrogen-bond donors (Lipinski definition) is 1. The standard InChI is InChI=1S/C16H32N2O.ClH/c1-12(2)6-8-18(9-7-13(3)4)16(19)14(5)15-10-17-11-15;/h12-15,17H,6-11H2,1-5H3;1H. The largest absolute Gasteiger partial charge is 0.342 e. The molecule has 0 aromatic carbocycles. The van der Waals surface area contributed by atoms with E-state index in [1.807, 2.05) is 0 Å². The quantitative estimate of drug-likeness (QED) is 0.747. The summed E-state index contributed by atoms with van der Waals surface area (Å²) in [4.78, 5) is 14.7. The third kappa shape index (κ3) is 6.45. The van der Waals surface area contributed by atoms with E-state index in [0.717, 1.165) is 39.0 Å². The number of hydrogen-bond acceptors (Lipinski definition) is 2. The molecule has 0 aromatic heterocycles. The fourth-order valence-electron chi connectivity index (χ4n) is 2.31. The van der Waals surface area contributed by atoms with Gasteiger partial charge in [-0.2, -0.15) is 0 Å². The van der Waals surface area contributed by atoms with Crippen LogP contribution in [0, 0.1) is 23.7 Å². The van der Waals surface area contributed by atoms with Gasteiger partial charge in [-0.1, -0.05) is 34.6 Å². The molecule has 1 N–H and O–H groups in total. The normalized spacial score (nSPS) is 16.8. The van der Waals surface area contributed by atoms with Gasteiger partial charge in [0.2, 0.25) is 5.91 Å². The van der Waals surface area contributed by atoms with Gasteiger partial charge < -0.3 is 10.2 Å². The molecule has 1 fully saturated rings. The number of carbonyl (C=O) groups excluding carboxylic acids is 1. The highest BCUT2D eigenvalue weighted by molar-refractivity contribution is 5.85. The lowest BCUT2D eigenvalue weighted by molar-refractivity contribution is -0.137. The molecule has 1 atom stereocenters. The van der Waals surface area contributed by atoms with Gasteiger partial charge in [-0.15, -0.1) is 12.4 Å². The first-order chi connectivity index (χ1) is 8.91. The zero-order valence-electron chi connectivity index (χ0n) is 13.8. The summed E-state index contributed by atoms with van der Waals surface area (Å²) in [5.74, 6) is 2.42. The van der Waals surface area contributed by atoms with E-state index in [0.29, 0.717) is 23.7 Å². The van der Waals surface area contributed by atoms with Gasteiger partial charge in [0, 0.05) is 19.0 Å². The number of amides is 1. The fourth-order valence-corrected chi connectivity index (χ4v) is 2.31. The van der Waals surface area contributed by atoms with E-state index < -0.39 is 0 Å². The van der Waals surface area contributed by atoms with E-state index in [2.05, 4.69) is 44.8 Å². The van der Waals surface area contributed by atoms with Crippen LogP contribution in [0.3, 0.4) is 0 Å². The summed E-state index contributed by atoms with van der Waals surface area (Å²) >= 11 is 0. The SMILES string of the molecule is CC(C)CCN(CCC(C)C)C(=O)C(C)C1CNC1.Cl. The second-order valence-electron chi connectivity index (χ2n) is 6.90. The Hall–Kier alpha value is -0.280. The van der Waals surface area contributed by atoms with Crippen LogP contribution in [-0.2, 0) is 4.79 Å². The Labute approximate surface area is 131 Å². The van der Waals surface area contributed by atoms with Crippen molar-refractivity contribution in [3.8, 4) is 0 Å². The maximum absolute atomic E-state index is 12.6. The van der Waals surface area contributed by atoms with Crippen molar-refractivity contribution in [3.05, 3.63) is 0 Å². The molecule has 0 spiro atoms. The van der Waals surface area contributed by atoms with Crippen LogP contribution in [0.1, 0.15) is 47.5 Å². The summed E-state index contributed by atoms with van der Waals surface area (Å²) in [6, 6.07) is 0. The first-order valence-electron chi connectivity index (χ1n) is 7.91. The summed E-state index contributed by atoms with van der Waals surface area (Å²) in [6.07, 6.45) is 2.22. The van der Waals surface area contributed by atoms with Gasteiger partial charge in [0.1, 0.15) is 0 Å². The smallest absolute Gasteiger partial charge is 0.225 e. The molecule has 4 heteroatoms. The van der Waals surface area contributed by atoms with E-state index >= 15 is 0 Å². The predicted molar refractivity (Wildman–Crippen MR) is 88.3 cm³/mol. The zero-order valence-corrected chi connectivity index (χ0v) is 14.6. The van der Waals surface area contributed by atoms with Gasteiger partial charge in [0.25, 0.3) is 0 Å². The molecule has 1 saturated heterocycles. The number of rotatable bonds is 8. The van der Waals surface area contributed by atoms with E-state index in [1.54, 1.807) is 0 Å². The molecule has 1 amide bonds. The van der Waals surface area contributed by atoms with Crippen molar-refractivity contribution in [2.45, 2.75) is 47.5 Å². The van der Waals surface area contributed by atoms with Crippen molar-refractivity contribution in [2.75, 3.05) is 26.2 Å². The Morgan fingerprint density at radius 1 is 1.05 bits per heavy atom. The van der Waals surface area contributed by atoms with Crippen molar-refractivity contribution >= 4 is 18.3 Å². The monoisotopic (exact) mass is 304 g/mol. The van der Waals surface area contributed by atoms with Crippen LogP contribution in [0.2, 0.25) is 0 Å². The second kappa shape index (κ2) is 9.62. The van der Waals surface area contributed by atoms with Crippen LogP contribution in [0.25, 0.3) is 0 Å². The average molecular weight is 305 g/mol. The number of nitrogens with one attached hydrogen (secondary N) is 1. The summed E-state index contributed by atoms with van der Waals surface area (Å²) in [6.45, 7) is 14.9. The Morgan fingerprint density at radius 3 is 1.80 bits per heavy atom. The molecule has 1 unspecified atom stereocenters. The van der Waals surface area contributed by atoms with Crippen LogP contribution in [0.5, 0.6) is 0 Å². The van der Waals surface area contributed by atoms with Gasteiger partial charge in [-0.3, -0.25) is 4.79 Å². The molecular formula is C16H33ClN2O. The molecule has 1 aliphatic heterocycles. The topological polar surface area (TPSA) is 32.3 Å². The van der Waals surface area contributed by atoms with Gasteiger partial charge >= 0.3 is 0 Å². The molecule has 1 aliphatic rings. The van der Waals surface area contributed by atoms with Crippen molar-refractivity contribution in [3.63, 3.8) is 0 Å². The van der Waals surface area contributed by atoms with Gasteiger partial charge in [0.05, 0.1) is 0 Å². The van der Waals surface area contributed by atoms with Gasteiger partial charge in [0.15, 0.2) is 0 Å². The highest BCUT2D eigenvalue weighted by atomic mass is 35.5. The Morgan fingerprint density at radius 2 is 1.50 bits per heavy atom. The molecule has 0 saturated carbocycles. The van der Waals surface area contributed by atoms with Crippen molar-refractivity contribution < 1.29 is 4.79 Å². The molecule has 120 valence electrons. The third-order valence-electron chi connectivity index (χ3n) is 4.17. The highest BCUT2D eigenvalue weighted by Gasteiger charge is 2.31. The number of carbonyl (C=O) groups is 1. The van der Waals surface area contributed by atoms with Crippen LogP contribution in [0.4, 0.5) is 0 Å². The van der Waals surface area contributed by atoms with Crippen molar-refractivity contribution in [1.29, 1.82) is 0 Å². The van der Waals surface area contributed by atoms with Crippen molar-refractivity contribution in [1.82, 2.24) is 10.2 Å². The average Bonchev–Trinajstić information content (AvgIpc) is 2.25. The first-order valence-corrected chi connectivity index (χ1v) is 7.91. The van der Waals surface area contributed by atoms with E-state index in [9.17, 15) is 4.79 Å². The van der Waals surface area contributed by atoms with Crippen LogP contribution in [-0.4, -0.2) is 37.0 Å². The predicted octanol–water partition coefficient (Wildman–Crippen LogP) is 3.18. The lowest BCUT2D eigenvalue weighted by atomic mass is 9.87. The molecule has 1 rings (SSSR count). The minimum atomic E-state index is 0. The molecule has 1 heterocycles. The van der Waals surface area contributed by atoms with E-state index in [1.165, 1.54) is 0 Å². The Kier molecular flexibility index (Phi) is 9.48. The van der Waals surface area contributed by atoms with Gasteiger partial charge in [-0.25, -0.2) is 0 Å². The molecule has 20 heavy (non-hydrogen) atoms. The highest BCUT2D eigenvalue weighted by Crippen LogP contribution is 2.19. The first kappa shape index (κ1) is 19.7. The zero-order chi connectivity index (χ0) is 14.4. The third-order valence-corrected chi connectivity index (χ3v) is 4.17. The van der Waals surface area contributed by atoms with Crippen LogP contribution >= 0.6 is 12.4 Å². The van der Waals surface area contributed by atoms with E-state index in [-0.39, 0.29) is 18.3 Å². The molecule has 3 nitrogen and oxygen atoms in total. The van der Waals surface area contributed by atoms with Crippen LogP contribution in [0.15, 0.2) is 0 Å². The summed E-state index contributed by atoms with van der Waals surface area (Å²) in [7, 11) is 0. The minimum Gasteiger partial charge on any atom is -0.342 e. The van der Waals surface area contributed by atoms with Gasteiger partial charge in [-0.05, 0) is 43.7 Å². The number of halogens is 1. The lowest BCUT2D eigenvalue weighted by Gasteiger charge is -2.35. The Bertz CT molecular complexity index is 266. The van der Waals surface area contributed by atoms with Crippen LogP contribution < -0.4 is 5.32 Å². The lowest BCUT2D eigenvalue weighted by Crippen LogP contribution is -2.50. The summed E-state index contributed by atoms with van der Waals surface area (Å²) < 4.78 is 0. The molecule has 0 bridgehead atoms. The summed E-state index contributed by atoms with van der Waals surface area (Å²) in [5, 5.41) is 3.27. The molecule has 0 aromatic rings. The summed E-state index contributed by atoms with van der Waals surface area (Å²) in [5.41, 5.74) is 0. The maximum Gasteiger partial charge on any atom is 0.225 e.